The molecule has 1 aromatic carbocycles. The Morgan fingerprint density at radius 1 is 1.33 bits per heavy atom. The van der Waals surface area contributed by atoms with Gasteiger partial charge in [0.1, 0.15) is 11.7 Å². The smallest absolute Gasteiger partial charge is 0.243 e. The highest BCUT2D eigenvalue weighted by atomic mass is 35.5. The van der Waals surface area contributed by atoms with Gasteiger partial charge in [0.2, 0.25) is 15.9 Å². The minimum absolute atomic E-state index is 0.0564. The third kappa shape index (κ3) is 3.68. The predicted octanol–water partition coefficient (Wildman–Crippen LogP) is 1.96. The summed E-state index contributed by atoms with van der Waals surface area (Å²) in [6.45, 7) is 4.45. The second-order valence-electron chi connectivity index (χ2n) is 7.15. The third-order valence-electron chi connectivity index (χ3n) is 5.71. The monoisotopic (exact) mass is 410 g/mol. The Kier molecular flexibility index (Phi) is 5.74. The maximum absolute atomic E-state index is 13.1. The summed E-state index contributed by atoms with van der Waals surface area (Å²) in [6.07, 6.45) is 2.79. The number of rotatable bonds is 5. The zero-order valence-corrected chi connectivity index (χ0v) is 16.5. The number of piperidine rings is 1. The van der Waals surface area contributed by atoms with Crippen LogP contribution in [-0.2, 0) is 19.6 Å². The molecule has 1 saturated carbocycles. The third-order valence-corrected chi connectivity index (χ3v) is 7.81. The van der Waals surface area contributed by atoms with Crippen LogP contribution < -0.4 is 5.32 Å². The number of nitrogens with zero attached hydrogens (tertiary/aromatic N) is 1. The summed E-state index contributed by atoms with van der Waals surface area (Å²) in [5, 5.41) is 2.82. The van der Waals surface area contributed by atoms with E-state index in [1.54, 1.807) is 36.4 Å². The molecule has 3 rings (SSSR count). The van der Waals surface area contributed by atoms with Crippen molar-refractivity contribution in [3.05, 3.63) is 43.0 Å². The topological polar surface area (TPSA) is 83.6 Å². The molecule has 8 heteroatoms. The zero-order chi connectivity index (χ0) is 19.7. The van der Waals surface area contributed by atoms with E-state index in [1.807, 2.05) is 0 Å². The van der Waals surface area contributed by atoms with E-state index < -0.39 is 21.5 Å². The van der Waals surface area contributed by atoms with E-state index in [0.29, 0.717) is 19.4 Å². The average Bonchev–Trinajstić information content (AvgIpc) is 2.68. The Morgan fingerprint density at radius 2 is 2.04 bits per heavy atom. The average molecular weight is 411 g/mol. The van der Waals surface area contributed by atoms with Crippen molar-refractivity contribution in [2.75, 3.05) is 19.0 Å². The second kappa shape index (κ2) is 7.73. The van der Waals surface area contributed by atoms with Crippen molar-refractivity contribution < 1.29 is 18.0 Å². The van der Waals surface area contributed by atoms with Gasteiger partial charge in [0.15, 0.2) is 0 Å². The van der Waals surface area contributed by atoms with Gasteiger partial charge in [0, 0.05) is 37.4 Å². The standard InChI is InChI=1S/C19H23ClN2O4S/c1-2-19-13-22(27(25,26)16-6-4-3-5-7-16)9-8-14(19)10-15(23)11-17(19)21-18(24)12-20/h2-7,14,17H,1,8-13H2,(H,21,24)/t14-,17-,19-/m0/s1. The summed E-state index contributed by atoms with van der Waals surface area (Å²) in [4.78, 5) is 24.3. The van der Waals surface area contributed by atoms with Crippen LogP contribution in [0.5, 0.6) is 0 Å². The van der Waals surface area contributed by atoms with E-state index in [-0.39, 0.29) is 41.3 Å². The number of carbonyl (C=O) groups excluding carboxylic acids is 2. The van der Waals surface area contributed by atoms with Crippen molar-refractivity contribution in [2.24, 2.45) is 11.3 Å². The summed E-state index contributed by atoms with van der Waals surface area (Å²) >= 11 is 5.62. The largest absolute Gasteiger partial charge is 0.351 e. The number of ketones is 1. The molecule has 2 aliphatic rings. The number of hydrogen-bond donors (Lipinski definition) is 1. The van der Waals surface area contributed by atoms with Gasteiger partial charge in [-0.05, 0) is 24.5 Å². The molecule has 1 heterocycles. The number of amides is 1. The number of benzene rings is 1. The van der Waals surface area contributed by atoms with Crippen LogP contribution in [0.2, 0.25) is 0 Å². The van der Waals surface area contributed by atoms with E-state index in [1.165, 1.54) is 4.31 Å². The molecule has 3 atom stereocenters. The van der Waals surface area contributed by atoms with Gasteiger partial charge in [0.25, 0.3) is 0 Å². The molecular formula is C19H23ClN2O4S. The van der Waals surface area contributed by atoms with Crippen molar-refractivity contribution in [1.29, 1.82) is 0 Å². The van der Waals surface area contributed by atoms with E-state index in [9.17, 15) is 18.0 Å². The number of Topliss-reactive ketones (excluding diaryl/α,β-unsaturated/α-hetero) is 1. The van der Waals surface area contributed by atoms with Crippen molar-refractivity contribution in [3.63, 3.8) is 0 Å². The fourth-order valence-corrected chi connectivity index (χ4v) is 5.90. The van der Waals surface area contributed by atoms with Gasteiger partial charge >= 0.3 is 0 Å². The van der Waals surface area contributed by atoms with Crippen LogP contribution in [0, 0.1) is 11.3 Å². The number of fused-ring (bicyclic) bond motifs is 1. The fraction of sp³-hybridized carbons (Fsp3) is 0.474. The Balaban J connectivity index is 1.95. The lowest BCUT2D eigenvalue weighted by molar-refractivity contribution is -0.129. The summed E-state index contributed by atoms with van der Waals surface area (Å²) in [6, 6.07) is 7.76. The molecule has 0 spiro atoms. The molecule has 27 heavy (non-hydrogen) atoms. The first kappa shape index (κ1) is 20.0. The fourth-order valence-electron chi connectivity index (χ4n) is 4.28. The highest BCUT2D eigenvalue weighted by Crippen LogP contribution is 2.47. The second-order valence-corrected chi connectivity index (χ2v) is 9.36. The highest BCUT2D eigenvalue weighted by Gasteiger charge is 2.53. The molecule has 1 N–H and O–H groups in total. The Labute approximate surface area is 164 Å². The Hall–Kier alpha value is -1.70. The number of alkyl halides is 1. The molecule has 2 fully saturated rings. The molecular weight excluding hydrogens is 388 g/mol. The van der Waals surface area contributed by atoms with Crippen molar-refractivity contribution in [2.45, 2.75) is 30.2 Å². The molecule has 0 aromatic heterocycles. The van der Waals surface area contributed by atoms with Gasteiger partial charge in [-0.2, -0.15) is 4.31 Å². The van der Waals surface area contributed by atoms with Crippen molar-refractivity contribution >= 4 is 33.3 Å². The van der Waals surface area contributed by atoms with Crippen LogP contribution in [0.1, 0.15) is 19.3 Å². The van der Waals surface area contributed by atoms with Gasteiger partial charge < -0.3 is 5.32 Å². The summed E-state index contributed by atoms with van der Waals surface area (Å²) < 4.78 is 27.6. The summed E-state index contributed by atoms with van der Waals surface area (Å²) in [7, 11) is -3.67. The van der Waals surface area contributed by atoms with E-state index in [0.717, 1.165) is 0 Å². The van der Waals surface area contributed by atoms with Gasteiger partial charge in [0.05, 0.1) is 4.90 Å². The predicted molar refractivity (Wildman–Crippen MR) is 103 cm³/mol. The van der Waals surface area contributed by atoms with Gasteiger partial charge in [-0.15, -0.1) is 18.2 Å². The van der Waals surface area contributed by atoms with Gasteiger partial charge in [-0.25, -0.2) is 8.42 Å². The highest BCUT2D eigenvalue weighted by molar-refractivity contribution is 7.89. The lowest BCUT2D eigenvalue weighted by Gasteiger charge is -2.52. The molecule has 1 aliphatic heterocycles. The molecule has 146 valence electrons. The molecule has 0 bridgehead atoms. The van der Waals surface area contributed by atoms with Crippen molar-refractivity contribution in [3.8, 4) is 0 Å². The first-order valence-electron chi connectivity index (χ1n) is 8.89. The number of carbonyl (C=O) groups is 2. The molecule has 0 radical (unpaired) electrons. The van der Waals surface area contributed by atoms with Crippen LogP contribution in [0.15, 0.2) is 47.9 Å². The molecule has 6 nitrogen and oxygen atoms in total. The molecule has 1 aliphatic carbocycles. The lowest BCUT2D eigenvalue weighted by atomic mass is 9.60. The molecule has 1 saturated heterocycles. The van der Waals surface area contributed by atoms with E-state index >= 15 is 0 Å². The minimum atomic E-state index is -3.67. The van der Waals surface area contributed by atoms with Gasteiger partial charge in [-0.1, -0.05) is 24.3 Å². The summed E-state index contributed by atoms with van der Waals surface area (Å²) in [5.74, 6) is -0.579. The SMILES string of the molecule is C=C[C@]12CN(S(=O)(=O)c3ccccc3)CC[C@H]1CC(=O)C[C@@H]2NC(=O)CCl. The Morgan fingerprint density at radius 3 is 2.67 bits per heavy atom. The number of sulfonamides is 1. The van der Waals surface area contributed by atoms with Crippen molar-refractivity contribution in [1.82, 2.24) is 9.62 Å². The van der Waals surface area contributed by atoms with Crippen LogP contribution in [-0.4, -0.2) is 49.4 Å². The first-order valence-corrected chi connectivity index (χ1v) is 10.9. The number of halogens is 1. The van der Waals surface area contributed by atoms with Crippen LogP contribution >= 0.6 is 11.6 Å². The quantitative estimate of drug-likeness (QED) is 0.594. The zero-order valence-electron chi connectivity index (χ0n) is 14.9. The van der Waals surface area contributed by atoms with Crippen LogP contribution in [0.25, 0.3) is 0 Å². The maximum Gasteiger partial charge on any atom is 0.243 e. The van der Waals surface area contributed by atoms with Crippen LogP contribution in [0.4, 0.5) is 0 Å². The molecule has 0 unspecified atom stereocenters. The Bertz CT molecular complexity index is 843. The first-order chi connectivity index (χ1) is 12.8. The number of hydrogen-bond acceptors (Lipinski definition) is 4. The maximum atomic E-state index is 13.1. The lowest BCUT2D eigenvalue weighted by Crippen LogP contribution is -2.62. The van der Waals surface area contributed by atoms with E-state index in [2.05, 4.69) is 11.9 Å². The van der Waals surface area contributed by atoms with Gasteiger partial charge in [-0.3, -0.25) is 9.59 Å². The van der Waals surface area contributed by atoms with E-state index in [4.69, 9.17) is 11.6 Å². The normalized spacial score (nSPS) is 29.0. The summed E-state index contributed by atoms with van der Waals surface area (Å²) in [5.41, 5.74) is -0.699. The molecule has 1 aromatic rings. The molecule has 1 amide bonds. The number of nitrogens with one attached hydrogen (secondary N) is 1. The van der Waals surface area contributed by atoms with Crippen LogP contribution in [0.3, 0.4) is 0 Å². The minimum Gasteiger partial charge on any atom is -0.351 e.